The van der Waals surface area contributed by atoms with Crippen molar-refractivity contribution in [2.45, 2.75) is 12.5 Å². The number of furan rings is 1. The number of pyridine rings is 1. The minimum absolute atomic E-state index is 0.0578. The van der Waals surface area contributed by atoms with Crippen molar-refractivity contribution >= 4 is 28.2 Å². The van der Waals surface area contributed by atoms with E-state index in [0.717, 1.165) is 27.9 Å². The summed E-state index contributed by atoms with van der Waals surface area (Å²) in [7, 11) is 3.20. The van der Waals surface area contributed by atoms with Gasteiger partial charge in [0.2, 0.25) is 0 Å². The molecule has 0 saturated heterocycles. The van der Waals surface area contributed by atoms with Crippen LogP contribution in [0.25, 0.3) is 10.9 Å². The largest absolute Gasteiger partial charge is 0.493 e. The monoisotopic (exact) mass is 357 g/mol. The van der Waals surface area contributed by atoms with Gasteiger partial charge in [0, 0.05) is 23.4 Å². The van der Waals surface area contributed by atoms with Crippen LogP contribution in [-0.4, -0.2) is 24.9 Å². The molecule has 2 aromatic heterocycles. The Morgan fingerprint density at radius 2 is 2.00 bits per heavy atom. The first-order chi connectivity index (χ1) is 12.2. The Morgan fingerprint density at radius 3 is 2.72 bits per heavy atom. The van der Waals surface area contributed by atoms with Crippen LogP contribution in [0.4, 0.5) is 0 Å². The third kappa shape index (κ3) is 2.78. The maximum atomic E-state index is 6.43. The lowest BCUT2D eigenvalue weighted by atomic mass is 10.0. The van der Waals surface area contributed by atoms with E-state index in [2.05, 4.69) is 15.5 Å². The molecule has 0 spiro atoms. The Hall–Kier alpha value is -2.73. The molecule has 0 fully saturated rings. The van der Waals surface area contributed by atoms with E-state index in [1.54, 1.807) is 20.5 Å². The van der Waals surface area contributed by atoms with E-state index < -0.39 is 0 Å². The number of hydrogen-bond acceptors (Lipinski definition) is 6. The van der Waals surface area contributed by atoms with Gasteiger partial charge in [0.1, 0.15) is 16.6 Å². The quantitative estimate of drug-likeness (QED) is 0.716. The summed E-state index contributed by atoms with van der Waals surface area (Å²) in [6.07, 6.45) is 2.31. The van der Waals surface area contributed by atoms with Crippen LogP contribution in [0.5, 0.6) is 11.5 Å². The van der Waals surface area contributed by atoms with Crippen LogP contribution in [0.1, 0.15) is 23.8 Å². The van der Waals surface area contributed by atoms with E-state index in [0.29, 0.717) is 23.1 Å². The number of ether oxygens (including phenoxy) is 2. The third-order valence-corrected chi connectivity index (χ3v) is 4.54. The zero-order chi connectivity index (χ0) is 17.4. The molecule has 0 radical (unpaired) electrons. The van der Waals surface area contributed by atoms with Gasteiger partial charge in [0.05, 0.1) is 32.0 Å². The summed E-state index contributed by atoms with van der Waals surface area (Å²) in [5, 5.41) is 5.72. The molecule has 0 aliphatic carbocycles. The van der Waals surface area contributed by atoms with Crippen LogP contribution in [0, 0.1) is 0 Å². The molecule has 3 aromatic rings. The molecular weight excluding hydrogens is 342 g/mol. The smallest absolute Gasteiger partial charge is 0.162 e. The molecular formula is C18H16ClN3O3. The molecule has 1 aliphatic rings. The number of hydrazone groups is 1. The molecule has 25 heavy (non-hydrogen) atoms. The van der Waals surface area contributed by atoms with Crippen LogP contribution < -0.4 is 14.9 Å². The van der Waals surface area contributed by atoms with Crippen molar-refractivity contribution in [1.29, 1.82) is 0 Å². The number of benzene rings is 1. The second-order valence-electron chi connectivity index (χ2n) is 5.69. The van der Waals surface area contributed by atoms with Gasteiger partial charge < -0.3 is 19.3 Å². The maximum Gasteiger partial charge on any atom is 0.162 e. The van der Waals surface area contributed by atoms with Crippen LogP contribution in [-0.2, 0) is 0 Å². The number of halogens is 1. The molecule has 4 rings (SSSR count). The first-order valence-corrected chi connectivity index (χ1v) is 8.15. The Labute approximate surface area is 149 Å². The van der Waals surface area contributed by atoms with Crippen LogP contribution >= 0.6 is 11.6 Å². The van der Waals surface area contributed by atoms with Crippen molar-refractivity contribution in [3.63, 3.8) is 0 Å². The van der Waals surface area contributed by atoms with Gasteiger partial charge in [0.25, 0.3) is 0 Å². The van der Waals surface area contributed by atoms with Gasteiger partial charge in [0.15, 0.2) is 11.5 Å². The summed E-state index contributed by atoms with van der Waals surface area (Å²) in [6, 6.07) is 9.39. The van der Waals surface area contributed by atoms with E-state index in [4.69, 9.17) is 25.5 Å². The predicted octanol–water partition coefficient (Wildman–Crippen LogP) is 3.94. The van der Waals surface area contributed by atoms with Gasteiger partial charge >= 0.3 is 0 Å². The Morgan fingerprint density at radius 1 is 1.20 bits per heavy atom. The number of methoxy groups -OCH3 is 2. The maximum absolute atomic E-state index is 6.43. The van der Waals surface area contributed by atoms with E-state index in [9.17, 15) is 0 Å². The van der Waals surface area contributed by atoms with E-state index in [1.807, 2.05) is 30.3 Å². The highest BCUT2D eigenvalue weighted by molar-refractivity contribution is 6.30. The number of aromatic nitrogens is 1. The molecule has 6 nitrogen and oxygen atoms in total. The lowest BCUT2D eigenvalue weighted by Crippen LogP contribution is -2.11. The molecule has 0 saturated carbocycles. The predicted molar refractivity (Wildman–Crippen MR) is 95.6 cm³/mol. The fraction of sp³-hybridized carbons (Fsp3) is 0.222. The van der Waals surface area contributed by atoms with E-state index in [-0.39, 0.29) is 6.04 Å². The SMILES string of the molecule is COc1cc2cc([C@H]3CC(c4ccco4)=NN3)c(Cl)nc2cc1OC. The fourth-order valence-electron chi connectivity index (χ4n) is 2.96. The van der Waals surface area contributed by atoms with Gasteiger partial charge in [-0.15, -0.1) is 0 Å². The molecule has 1 aromatic carbocycles. The summed E-state index contributed by atoms with van der Waals surface area (Å²) < 4.78 is 16.1. The second-order valence-corrected chi connectivity index (χ2v) is 6.05. The Bertz CT molecular complexity index is 954. The highest BCUT2D eigenvalue weighted by Crippen LogP contribution is 2.36. The minimum atomic E-state index is -0.0578. The molecule has 0 unspecified atom stereocenters. The summed E-state index contributed by atoms with van der Waals surface area (Å²) >= 11 is 6.43. The average Bonchev–Trinajstić information content (AvgIpc) is 3.31. The zero-order valence-corrected chi connectivity index (χ0v) is 14.5. The van der Waals surface area contributed by atoms with Gasteiger partial charge in [-0.1, -0.05) is 11.6 Å². The highest BCUT2D eigenvalue weighted by atomic mass is 35.5. The van der Waals surface area contributed by atoms with Crippen molar-refractivity contribution in [3.8, 4) is 11.5 Å². The van der Waals surface area contributed by atoms with Crippen molar-refractivity contribution in [1.82, 2.24) is 10.4 Å². The van der Waals surface area contributed by atoms with Gasteiger partial charge in [-0.3, -0.25) is 0 Å². The van der Waals surface area contributed by atoms with Gasteiger partial charge in [-0.25, -0.2) is 4.98 Å². The normalized spacial score (nSPS) is 16.6. The summed E-state index contributed by atoms with van der Waals surface area (Å²) in [6.45, 7) is 0. The zero-order valence-electron chi connectivity index (χ0n) is 13.7. The molecule has 7 heteroatoms. The van der Waals surface area contributed by atoms with Gasteiger partial charge in [-0.2, -0.15) is 5.10 Å². The number of rotatable bonds is 4. The molecule has 1 aliphatic heterocycles. The Kier molecular flexibility index (Phi) is 3.97. The molecule has 128 valence electrons. The van der Waals surface area contributed by atoms with E-state index >= 15 is 0 Å². The third-order valence-electron chi connectivity index (χ3n) is 4.23. The van der Waals surface area contributed by atoms with Crippen molar-refractivity contribution < 1.29 is 13.9 Å². The number of nitrogens with one attached hydrogen (secondary N) is 1. The number of hydrogen-bond donors (Lipinski definition) is 1. The summed E-state index contributed by atoms with van der Waals surface area (Å²) in [5.41, 5.74) is 5.60. The lowest BCUT2D eigenvalue weighted by molar-refractivity contribution is 0.356. The summed E-state index contributed by atoms with van der Waals surface area (Å²) in [5.74, 6) is 2.03. The standard InChI is InChI=1S/C18H16ClN3O3/c1-23-16-7-10-6-11(18(19)20-12(10)9-17(16)24-2)13-8-14(22-21-13)15-4-3-5-25-15/h3-7,9,13,21H,8H2,1-2H3/t13-/m1/s1. The first-order valence-electron chi connectivity index (χ1n) is 7.77. The molecule has 1 N–H and O–H groups in total. The topological polar surface area (TPSA) is 68.9 Å². The second kappa shape index (κ2) is 6.29. The molecule has 3 heterocycles. The number of fused-ring (bicyclic) bond motifs is 1. The van der Waals surface area contributed by atoms with Crippen molar-refractivity contribution in [2.24, 2.45) is 5.10 Å². The number of nitrogens with zero attached hydrogens (tertiary/aromatic N) is 2. The highest BCUT2D eigenvalue weighted by Gasteiger charge is 2.25. The molecule has 1 atom stereocenters. The van der Waals surface area contributed by atoms with Crippen LogP contribution in [0.15, 0.2) is 46.1 Å². The molecule has 0 amide bonds. The van der Waals surface area contributed by atoms with Gasteiger partial charge in [-0.05, 0) is 24.3 Å². The lowest BCUT2D eigenvalue weighted by Gasteiger charge is -2.14. The minimum Gasteiger partial charge on any atom is -0.493 e. The van der Waals surface area contributed by atoms with Crippen molar-refractivity contribution in [2.75, 3.05) is 14.2 Å². The fourth-order valence-corrected chi connectivity index (χ4v) is 3.23. The van der Waals surface area contributed by atoms with Crippen LogP contribution in [0.3, 0.4) is 0 Å². The summed E-state index contributed by atoms with van der Waals surface area (Å²) in [4.78, 5) is 4.51. The average molecular weight is 358 g/mol. The Balaban J connectivity index is 1.70. The van der Waals surface area contributed by atoms with E-state index in [1.165, 1.54) is 0 Å². The van der Waals surface area contributed by atoms with Crippen molar-refractivity contribution in [3.05, 3.63) is 53.1 Å². The van der Waals surface area contributed by atoms with Crippen LogP contribution in [0.2, 0.25) is 5.15 Å². The molecule has 0 bridgehead atoms. The first kappa shape index (κ1) is 15.8.